The zero-order valence-electron chi connectivity index (χ0n) is 8.44. The minimum atomic E-state index is 0.929. The van der Waals surface area contributed by atoms with Crippen molar-refractivity contribution in [3.8, 4) is 11.1 Å². The summed E-state index contributed by atoms with van der Waals surface area (Å²) in [6, 6.07) is 16.7. The second-order valence-corrected chi connectivity index (χ2v) is 4.65. The van der Waals surface area contributed by atoms with Crippen LogP contribution in [0.5, 0.6) is 0 Å². The van der Waals surface area contributed by atoms with Crippen molar-refractivity contribution in [1.82, 2.24) is 9.97 Å². The van der Waals surface area contributed by atoms with Gasteiger partial charge in [0, 0.05) is 0 Å². The third-order valence-corrected chi connectivity index (χ3v) is 3.07. The molecule has 0 radical (unpaired) electrons. The van der Waals surface area contributed by atoms with Gasteiger partial charge in [-0.2, -0.15) is 0 Å². The molecule has 0 aliphatic carbocycles. The Morgan fingerprint density at radius 1 is 0.938 bits per heavy atom. The van der Waals surface area contributed by atoms with E-state index in [1.807, 2.05) is 6.07 Å². The molecular weight excluding hydrogens is 311 g/mol. The van der Waals surface area contributed by atoms with E-state index >= 15 is 0 Å². The van der Waals surface area contributed by atoms with E-state index in [4.69, 9.17) is 0 Å². The van der Waals surface area contributed by atoms with Crippen LogP contribution in [-0.4, -0.2) is 9.97 Å². The van der Waals surface area contributed by atoms with Crippen LogP contribution in [0.3, 0.4) is 0 Å². The summed E-state index contributed by atoms with van der Waals surface area (Å²) in [4.78, 5) is 7.62. The maximum atomic E-state index is 4.38. The molecule has 78 valence electrons. The van der Waals surface area contributed by atoms with Crippen molar-refractivity contribution in [3.05, 3.63) is 52.4 Å². The van der Waals surface area contributed by atoms with E-state index in [0.29, 0.717) is 0 Å². The van der Waals surface area contributed by atoms with Crippen molar-refractivity contribution in [1.29, 1.82) is 0 Å². The summed E-state index contributed by atoms with van der Waals surface area (Å²) in [5.74, 6) is 0. The maximum Gasteiger partial charge on any atom is 0.169 e. The molecule has 0 atom stereocenters. The number of fused-ring (bicyclic) bond motifs is 1. The topological polar surface area (TPSA) is 28.7 Å². The Kier molecular flexibility index (Phi) is 2.40. The first-order valence-corrected chi connectivity index (χ1v) is 6.11. The fourth-order valence-electron chi connectivity index (χ4n) is 1.79. The molecule has 1 N–H and O–H groups in total. The average molecular weight is 320 g/mol. The molecule has 3 rings (SSSR count). The van der Waals surface area contributed by atoms with Crippen molar-refractivity contribution in [3.63, 3.8) is 0 Å². The van der Waals surface area contributed by atoms with E-state index < -0.39 is 0 Å². The normalized spacial score (nSPS) is 10.8. The van der Waals surface area contributed by atoms with E-state index in [1.54, 1.807) is 0 Å². The van der Waals surface area contributed by atoms with Crippen LogP contribution in [0.2, 0.25) is 0 Å². The number of benzene rings is 2. The fourth-order valence-corrected chi connectivity index (χ4v) is 2.34. The molecule has 0 aliphatic rings. The monoisotopic (exact) mass is 320 g/mol. The van der Waals surface area contributed by atoms with Crippen molar-refractivity contribution < 1.29 is 0 Å². The summed E-state index contributed by atoms with van der Waals surface area (Å²) in [7, 11) is 0. The smallest absolute Gasteiger partial charge is 0.169 e. The van der Waals surface area contributed by atoms with Crippen LogP contribution in [0.25, 0.3) is 22.2 Å². The lowest BCUT2D eigenvalue weighted by molar-refractivity contribution is 1.26. The molecule has 0 spiro atoms. The van der Waals surface area contributed by atoms with Gasteiger partial charge < -0.3 is 4.98 Å². The SMILES string of the molecule is Ic1nc2ccc(-c3ccccc3)cc2[nH]1. The van der Waals surface area contributed by atoms with Gasteiger partial charge in [0.2, 0.25) is 0 Å². The molecular formula is C13H9IN2. The largest absolute Gasteiger partial charge is 0.333 e. The maximum absolute atomic E-state index is 4.38. The summed E-state index contributed by atoms with van der Waals surface area (Å²) in [5, 5.41) is 0. The lowest BCUT2D eigenvalue weighted by Crippen LogP contribution is -1.77. The summed E-state index contributed by atoms with van der Waals surface area (Å²) in [6.45, 7) is 0. The zero-order chi connectivity index (χ0) is 11.0. The van der Waals surface area contributed by atoms with Crippen LogP contribution in [0.1, 0.15) is 0 Å². The second kappa shape index (κ2) is 3.90. The first-order chi connectivity index (χ1) is 7.83. The van der Waals surface area contributed by atoms with Crippen LogP contribution in [-0.2, 0) is 0 Å². The van der Waals surface area contributed by atoms with Gasteiger partial charge in [-0.15, -0.1) is 0 Å². The Morgan fingerprint density at radius 3 is 2.56 bits per heavy atom. The highest BCUT2D eigenvalue weighted by atomic mass is 127. The van der Waals surface area contributed by atoms with Crippen molar-refractivity contribution in [2.24, 2.45) is 0 Å². The van der Waals surface area contributed by atoms with Gasteiger partial charge >= 0.3 is 0 Å². The van der Waals surface area contributed by atoms with E-state index in [0.717, 1.165) is 14.9 Å². The third kappa shape index (κ3) is 1.71. The van der Waals surface area contributed by atoms with Crippen molar-refractivity contribution in [2.45, 2.75) is 0 Å². The molecule has 16 heavy (non-hydrogen) atoms. The van der Waals surface area contributed by atoms with Crippen LogP contribution in [0.15, 0.2) is 48.5 Å². The molecule has 0 saturated carbocycles. The van der Waals surface area contributed by atoms with E-state index in [-0.39, 0.29) is 0 Å². The quantitative estimate of drug-likeness (QED) is 0.678. The van der Waals surface area contributed by atoms with E-state index in [1.165, 1.54) is 11.1 Å². The molecule has 2 aromatic carbocycles. The van der Waals surface area contributed by atoms with E-state index in [9.17, 15) is 0 Å². The molecule has 0 fully saturated rings. The Morgan fingerprint density at radius 2 is 1.75 bits per heavy atom. The van der Waals surface area contributed by atoms with Gasteiger partial charge in [-0.3, -0.25) is 0 Å². The van der Waals surface area contributed by atoms with Gasteiger partial charge in [-0.1, -0.05) is 36.4 Å². The van der Waals surface area contributed by atoms with Gasteiger partial charge in [0.05, 0.1) is 11.0 Å². The van der Waals surface area contributed by atoms with Gasteiger partial charge in [0.15, 0.2) is 3.83 Å². The number of nitrogens with zero attached hydrogens (tertiary/aromatic N) is 1. The van der Waals surface area contributed by atoms with Gasteiger partial charge in [-0.25, -0.2) is 4.98 Å². The molecule has 1 heterocycles. The summed E-state index contributed by atoms with van der Waals surface area (Å²) < 4.78 is 0.929. The predicted molar refractivity (Wildman–Crippen MR) is 74.2 cm³/mol. The number of aromatic amines is 1. The van der Waals surface area contributed by atoms with Crippen molar-refractivity contribution >= 4 is 33.6 Å². The molecule has 2 nitrogen and oxygen atoms in total. The summed E-state index contributed by atoms with van der Waals surface area (Å²) in [6.07, 6.45) is 0. The highest BCUT2D eigenvalue weighted by Gasteiger charge is 2.02. The fraction of sp³-hybridized carbons (Fsp3) is 0. The van der Waals surface area contributed by atoms with Crippen LogP contribution in [0.4, 0.5) is 0 Å². The second-order valence-electron chi connectivity index (χ2n) is 3.63. The first kappa shape index (κ1) is 9.84. The Balaban J connectivity index is 2.18. The number of H-pyrrole nitrogens is 1. The predicted octanol–water partition coefficient (Wildman–Crippen LogP) is 3.83. The Hall–Kier alpha value is -1.36. The van der Waals surface area contributed by atoms with E-state index in [2.05, 4.69) is 75.0 Å². The lowest BCUT2D eigenvalue weighted by atomic mass is 10.1. The number of rotatable bonds is 1. The van der Waals surface area contributed by atoms with Gasteiger partial charge in [-0.05, 0) is 45.9 Å². The summed E-state index contributed by atoms with van der Waals surface area (Å²) in [5.41, 5.74) is 4.55. The van der Waals surface area contributed by atoms with Gasteiger partial charge in [0.25, 0.3) is 0 Å². The minimum Gasteiger partial charge on any atom is -0.333 e. The Bertz CT molecular complexity index is 629. The average Bonchev–Trinajstić information content (AvgIpc) is 2.69. The molecule has 0 aliphatic heterocycles. The molecule has 0 saturated heterocycles. The minimum absolute atomic E-state index is 0.929. The standard InChI is InChI=1S/C13H9IN2/c14-13-15-11-7-6-10(8-12(11)16-13)9-4-2-1-3-5-9/h1-8H,(H,15,16). The molecule has 1 aromatic heterocycles. The highest BCUT2D eigenvalue weighted by molar-refractivity contribution is 14.1. The number of aromatic nitrogens is 2. The van der Waals surface area contributed by atoms with Gasteiger partial charge in [0.1, 0.15) is 0 Å². The molecule has 3 heteroatoms. The Labute approximate surface area is 107 Å². The summed E-state index contributed by atoms with van der Waals surface area (Å²) >= 11 is 2.19. The number of nitrogens with one attached hydrogen (secondary N) is 1. The third-order valence-electron chi connectivity index (χ3n) is 2.56. The number of imidazole rings is 1. The highest BCUT2D eigenvalue weighted by Crippen LogP contribution is 2.23. The molecule has 0 bridgehead atoms. The van der Waals surface area contributed by atoms with Crippen molar-refractivity contribution in [2.75, 3.05) is 0 Å². The zero-order valence-corrected chi connectivity index (χ0v) is 10.6. The van der Waals surface area contributed by atoms with Crippen LogP contribution in [0, 0.1) is 3.83 Å². The molecule has 0 amide bonds. The number of hydrogen-bond acceptors (Lipinski definition) is 1. The lowest BCUT2D eigenvalue weighted by Gasteiger charge is -2.00. The number of hydrogen-bond donors (Lipinski definition) is 1. The van der Waals surface area contributed by atoms with Crippen LogP contribution >= 0.6 is 22.6 Å². The molecule has 0 unspecified atom stereocenters. The first-order valence-electron chi connectivity index (χ1n) is 5.03. The molecule has 3 aromatic rings. The number of halogens is 1. The van der Waals surface area contributed by atoms with Crippen LogP contribution < -0.4 is 0 Å².